The van der Waals surface area contributed by atoms with E-state index >= 15 is 0 Å². The number of nitrogens with zero attached hydrogens (tertiary/aromatic N) is 3. The number of hydrogen-bond acceptors (Lipinski definition) is 5. The van der Waals surface area contributed by atoms with Crippen molar-refractivity contribution in [2.45, 2.75) is 6.04 Å². The lowest BCUT2D eigenvalue weighted by atomic mass is 10.0. The number of thiazole rings is 1. The molecule has 1 saturated heterocycles. The molecule has 1 aromatic carbocycles. The summed E-state index contributed by atoms with van der Waals surface area (Å²) in [5.41, 5.74) is 0.835. The van der Waals surface area contributed by atoms with Gasteiger partial charge in [-0.15, -0.1) is 0 Å². The maximum Gasteiger partial charge on any atom is 0.235 e. The van der Waals surface area contributed by atoms with Crippen LogP contribution in [-0.4, -0.2) is 46.0 Å². The number of halogens is 1. The van der Waals surface area contributed by atoms with Crippen molar-refractivity contribution in [1.29, 1.82) is 0 Å². The maximum atomic E-state index is 13.7. The molecule has 2 N–H and O–H groups in total. The lowest BCUT2D eigenvalue weighted by molar-refractivity contribution is -0.932. The normalized spacial score (nSPS) is 17.6. The minimum absolute atomic E-state index is 0.0794. The topological polar surface area (TPSA) is 64.1 Å². The summed E-state index contributed by atoms with van der Waals surface area (Å²) in [5.74, 6) is -0.199. The molecule has 3 aromatic rings. The second-order valence-corrected chi connectivity index (χ2v) is 6.51. The van der Waals surface area contributed by atoms with Gasteiger partial charge in [-0.05, 0) is 12.1 Å². The molecule has 4 rings (SSSR count). The number of fused-ring (bicyclic) bond motifs is 1. The smallest absolute Gasteiger partial charge is 0.235 e. The van der Waals surface area contributed by atoms with Crippen LogP contribution in [-0.2, 0) is 4.74 Å². The Morgan fingerprint density at radius 1 is 1.35 bits per heavy atom. The summed E-state index contributed by atoms with van der Waals surface area (Å²) >= 11 is 1.39. The van der Waals surface area contributed by atoms with Gasteiger partial charge >= 0.3 is 0 Å². The van der Waals surface area contributed by atoms with Crippen LogP contribution in [0, 0.1) is 5.82 Å². The number of quaternary nitrogens is 1. The van der Waals surface area contributed by atoms with Crippen LogP contribution in [0.3, 0.4) is 0 Å². The van der Waals surface area contributed by atoms with Crippen molar-refractivity contribution in [3.05, 3.63) is 46.9 Å². The molecule has 2 aromatic heterocycles. The van der Waals surface area contributed by atoms with Gasteiger partial charge in [-0.1, -0.05) is 23.5 Å². The summed E-state index contributed by atoms with van der Waals surface area (Å²) in [4.78, 5) is 6.76. The Bertz CT molecular complexity index is 828. The van der Waals surface area contributed by atoms with Gasteiger partial charge in [0, 0.05) is 5.56 Å². The number of morpholine rings is 1. The van der Waals surface area contributed by atoms with E-state index in [4.69, 9.17) is 4.74 Å². The predicted molar refractivity (Wildman–Crippen MR) is 82.3 cm³/mol. The fourth-order valence-electron chi connectivity index (χ4n) is 3.06. The first-order valence-corrected chi connectivity index (χ1v) is 8.25. The lowest BCUT2D eigenvalue weighted by Gasteiger charge is -2.31. The standard InChI is InChI=1S/C15H15FN4O2S/c16-11-3-1-2-10(8-11)12(19-4-6-22-7-5-19)13-14(21)20-15(23-13)17-9-18-20/h1-3,8-9,12,21H,4-7H2/p+1/t12-/m1/s1. The summed E-state index contributed by atoms with van der Waals surface area (Å²) in [7, 11) is 0. The van der Waals surface area contributed by atoms with Crippen molar-refractivity contribution in [3.63, 3.8) is 0 Å². The van der Waals surface area contributed by atoms with Gasteiger partial charge in [0.05, 0.1) is 13.2 Å². The van der Waals surface area contributed by atoms with E-state index < -0.39 is 0 Å². The van der Waals surface area contributed by atoms with Crippen molar-refractivity contribution in [2.24, 2.45) is 0 Å². The lowest BCUT2D eigenvalue weighted by Crippen LogP contribution is -3.14. The van der Waals surface area contributed by atoms with E-state index in [9.17, 15) is 9.50 Å². The summed E-state index contributed by atoms with van der Waals surface area (Å²) in [6.45, 7) is 2.91. The predicted octanol–water partition coefficient (Wildman–Crippen LogP) is 0.640. The van der Waals surface area contributed by atoms with Crippen LogP contribution >= 0.6 is 11.3 Å². The number of aromatic hydroxyl groups is 1. The highest BCUT2D eigenvalue weighted by molar-refractivity contribution is 7.17. The number of benzene rings is 1. The van der Waals surface area contributed by atoms with Crippen molar-refractivity contribution in [1.82, 2.24) is 14.6 Å². The first-order valence-electron chi connectivity index (χ1n) is 7.43. The van der Waals surface area contributed by atoms with E-state index in [0.29, 0.717) is 18.2 Å². The molecular formula is C15H16FN4O2S+. The number of hydrogen-bond donors (Lipinski definition) is 2. The first-order chi connectivity index (χ1) is 11.2. The number of nitrogens with one attached hydrogen (secondary N) is 1. The molecule has 8 heteroatoms. The number of ether oxygens (including phenoxy) is 1. The quantitative estimate of drug-likeness (QED) is 0.737. The van der Waals surface area contributed by atoms with Crippen molar-refractivity contribution < 1.29 is 19.1 Å². The van der Waals surface area contributed by atoms with Crippen LogP contribution in [0.5, 0.6) is 5.88 Å². The first kappa shape index (κ1) is 14.6. The minimum Gasteiger partial charge on any atom is -0.492 e. The van der Waals surface area contributed by atoms with Crippen LogP contribution in [0.1, 0.15) is 16.5 Å². The minimum atomic E-state index is -0.279. The molecule has 6 nitrogen and oxygen atoms in total. The molecule has 1 aliphatic rings. The van der Waals surface area contributed by atoms with Gasteiger partial charge in [-0.2, -0.15) is 9.61 Å². The molecule has 0 amide bonds. The largest absolute Gasteiger partial charge is 0.492 e. The molecule has 0 aliphatic carbocycles. The molecule has 0 radical (unpaired) electrons. The van der Waals surface area contributed by atoms with Gasteiger partial charge in [0.1, 0.15) is 30.1 Å². The molecule has 120 valence electrons. The second-order valence-electron chi connectivity index (χ2n) is 5.50. The van der Waals surface area contributed by atoms with Crippen LogP contribution in [0.2, 0.25) is 0 Å². The Morgan fingerprint density at radius 2 is 2.17 bits per heavy atom. The molecule has 0 unspecified atom stereocenters. The fraction of sp³-hybridized carbons (Fsp3) is 0.333. The molecule has 0 spiro atoms. The third kappa shape index (κ3) is 2.58. The molecule has 0 bridgehead atoms. The zero-order chi connectivity index (χ0) is 15.8. The maximum absolute atomic E-state index is 13.7. The Morgan fingerprint density at radius 3 is 2.91 bits per heavy atom. The highest BCUT2D eigenvalue weighted by atomic mass is 32.1. The summed E-state index contributed by atoms with van der Waals surface area (Å²) < 4.78 is 20.6. The number of rotatable bonds is 3. The van der Waals surface area contributed by atoms with E-state index in [1.165, 1.54) is 39.2 Å². The SMILES string of the molecule is Oc1c([C@@H](c2cccc(F)c2)[NH+]2CCOCC2)sc2ncnn12. The average Bonchev–Trinajstić information content (AvgIpc) is 3.13. The van der Waals surface area contributed by atoms with E-state index in [1.54, 1.807) is 6.07 Å². The van der Waals surface area contributed by atoms with Crippen LogP contribution < -0.4 is 4.90 Å². The van der Waals surface area contributed by atoms with E-state index in [2.05, 4.69) is 10.1 Å². The summed E-state index contributed by atoms with van der Waals surface area (Å²) in [6, 6.07) is 6.39. The average molecular weight is 335 g/mol. The van der Waals surface area contributed by atoms with Crippen LogP contribution in [0.25, 0.3) is 4.96 Å². The fourth-order valence-corrected chi connectivity index (χ4v) is 4.18. The van der Waals surface area contributed by atoms with Crippen molar-refractivity contribution in [3.8, 4) is 5.88 Å². The Balaban J connectivity index is 1.83. The van der Waals surface area contributed by atoms with Crippen molar-refractivity contribution >= 4 is 16.3 Å². The second kappa shape index (κ2) is 5.88. The monoisotopic (exact) mass is 335 g/mol. The Labute approximate surface area is 135 Å². The zero-order valence-electron chi connectivity index (χ0n) is 12.3. The molecule has 23 heavy (non-hydrogen) atoms. The van der Waals surface area contributed by atoms with E-state index in [1.807, 2.05) is 6.07 Å². The Hall–Kier alpha value is -2.03. The molecule has 0 saturated carbocycles. The molecular weight excluding hydrogens is 319 g/mol. The van der Waals surface area contributed by atoms with Gasteiger partial charge in [0.25, 0.3) is 0 Å². The van der Waals surface area contributed by atoms with Gasteiger partial charge < -0.3 is 14.7 Å². The van der Waals surface area contributed by atoms with Crippen LogP contribution in [0.15, 0.2) is 30.6 Å². The van der Waals surface area contributed by atoms with Gasteiger partial charge in [-0.3, -0.25) is 0 Å². The van der Waals surface area contributed by atoms with Crippen molar-refractivity contribution in [2.75, 3.05) is 26.3 Å². The highest BCUT2D eigenvalue weighted by Gasteiger charge is 2.33. The molecule has 1 fully saturated rings. The summed E-state index contributed by atoms with van der Waals surface area (Å²) in [5, 5.41) is 14.6. The molecule has 3 heterocycles. The molecule has 1 atom stereocenters. The van der Waals surface area contributed by atoms with E-state index in [-0.39, 0.29) is 17.7 Å². The van der Waals surface area contributed by atoms with Crippen LogP contribution in [0.4, 0.5) is 4.39 Å². The Kier molecular flexibility index (Phi) is 3.72. The third-order valence-electron chi connectivity index (χ3n) is 4.13. The third-order valence-corrected chi connectivity index (χ3v) is 5.23. The molecule has 1 aliphatic heterocycles. The zero-order valence-corrected chi connectivity index (χ0v) is 13.1. The number of aromatic nitrogens is 3. The van der Waals surface area contributed by atoms with Gasteiger partial charge in [0.2, 0.25) is 10.8 Å². The van der Waals surface area contributed by atoms with E-state index in [0.717, 1.165) is 23.5 Å². The highest BCUT2D eigenvalue weighted by Crippen LogP contribution is 2.34. The van der Waals surface area contributed by atoms with Gasteiger partial charge in [-0.25, -0.2) is 9.37 Å². The van der Waals surface area contributed by atoms with Gasteiger partial charge in [0.15, 0.2) is 6.04 Å². The summed E-state index contributed by atoms with van der Waals surface area (Å²) in [6.07, 6.45) is 1.41.